The van der Waals surface area contributed by atoms with Gasteiger partial charge in [-0.3, -0.25) is 9.69 Å². The van der Waals surface area contributed by atoms with Crippen LogP contribution in [0.1, 0.15) is 25.3 Å². The number of hydrogen-bond acceptors (Lipinski definition) is 4. The fourth-order valence-corrected chi connectivity index (χ4v) is 2.91. The van der Waals surface area contributed by atoms with E-state index >= 15 is 0 Å². The predicted molar refractivity (Wildman–Crippen MR) is 84.1 cm³/mol. The van der Waals surface area contributed by atoms with Crippen LogP contribution in [0.2, 0.25) is 0 Å². The van der Waals surface area contributed by atoms with Crippen LogP contribution in [0.5, 0.6) is 5.75 Å². The third-order valence-corrected chi connectivity index (χ3v) is 4.55. The van der Waals surface area contributed by atoms with E-state index in [-0.39, 0.29) is 25.0 Å². The Hall–Kier alpha value is -2.08. The van der Waals surface area contributed by atoms with Gasteiger partial charge in [0.1, 0.15) is 24.0 Å². The second-order valence-electron chi connectivity index (χ2n) is 6.60. The fraction of sp³-hybridized carbons (Fsp3) is 0.529. The molecule has 3 rings (SSSR count). The van der Waals surface area contributed by atoms with Gasteiger partial charge in [-0.05, 0) is 44.7 Å². The molecule has 1 aromatic rings. The molecule has 23 heavy (non-hydrogen) atoms. The number of carbonyl (C=O) groups excluding carboxylic acids is 2. The molecule has 6 nitrogen and oxygen atoms in total. The largest absolute Gasteiger partial charge is 0.491 e. The number of nitrogens with one attached hydrogen (secondary N) is 1. The molecule has 2 aliphatic rings. The van der Waals surface area contributed by atoms with Crippen molar-refractivity contribution < 1.29 is 19.4 Å². The molecule has 124 valence electrons. The first kappa shape index (κ1) is 15.8. The SMILES string of the molecule is Cc1ccc(OC[C@H](O)CN2C(=O)N[C@](C)(C3CC3)C2=O)cc1. The Balaban J connectivity index is 1.55. The molecule has 1 aliphatic carbocycles. The molecule has 0 spiro atoms. The highest BCUT2D eigenvalue weighted by Crippen LogP contribution is 2.42. The molecule has 3 amide bonds. The van der Waals surface area contributed by atoms with Crippen molar-refractivity contribution >= 4 is 11.9 Å². The van der Waals surface area contributed by atoms with Crippen molar-refractivity contribution in [1.82, 2.24) is 10.2 Å². The standard InChI is InChI=1S/C17H22N2O4/c1-11-3-7-14(8-4-11)23-10-13(20)9-19-15(21)17(2,12-5-6-12)18-16(19)22/h3-4,7-8,12-13,20H,5-6,9-10H2,1-2H3,(H,18,22)/t13-,17-/m1/s1. The van der Waals surface area contributed by atoms with Crippen LogP contribution in [0.15, 0.2) is 24.3 Å². The van der Waals surface area contributed by atoms with Crippen molar-refractivity contribution in [2.45, 2.75) is 38.3 Å². The number of aliphatic hydroxyl groups is 1. The van der Waals surface area contributed by atoms with Gasteiger partial charge in [-0.1, -0.05) is 17.7 Å². The number of nitrogens with zero attached hydrogens (tertiary/aromatic N) is 1. The average molecular weight is 318 g/mol. The van der Waals surface area contributed by atoms with Crippen molar-refractivity contribution in [2.24, 2.45) is 5.92 Å². The third kappa shape index (κ3) is 3.17. The summed E-state index contributed by atoms with van der Waals surface area (Å²) >= 11 is 0. The van der Waals surface area contributed by atoms with E-state index < -0.39 is 17.7 Å². The van der Waals surface area contributed by atoms with Gasteiger partial charge in [-0.2, -0.15) is 0 Å². The summed E-state index contributed by atoms with van der Waals surface area (Å²) in [6.45, 7) is 3.71. The predicted octanol–water partition coefficient (Wildman–Crippen LogP) is 1.46. The Morgan fingerprint density at radius 1 is 1.35 bits per heavy atom. The number of urea groups is 1. The zero-order valence-electron chi connectivity index (χ0n) is 13.4. The van der Waals surface area contributed by atoms with Gasteiger partial charge >= 0.3 is 6.03 Å². The second-order valence-corrected chi connectivity index (χ2v) is 6.60. The van der Waals surface area contributed by atoms with Gasteiger partial charge < -0.3 is 15.2 Å². The van der Waals surface area contributed by atoms with Gasteiger partial charge in [0, 0.05) is 0 Å². The van der Waals surface area contributed by atoms with Crippen molar-refractivity contribution in [3.8, 4) is 5.75 Å². The summed E-state index contributed by atoms with van der Waals surface area (Å²) in [4.78, 5) is 25.6. The summed E-state index contributed by atoms with van der Waals surface area (Å²) in [7, 11) is 0. The number of rotatable bonds is 6. The lowest BCUT2D eigenvalue weighted by molar-refractivity contribution is -0.132. The minimum atomic E-state index is -0.924. The molecular weight excluding hydrogens is 296 g/mol. The first-order valence-corrected chi connectivity index (χ1v) is 7.92. The fourth-order valence-electron chi connectivity index (χ4n) is 2.91. The maximum Gasteiger partial charge on any atom is 0.325 e. The Morgan fingerprint density at radius 2 is 2.00 bits per heavy atom. The number of hydrogen-bond donors (Lipinski definition) is 2. The molecule has 2 atom stereocenters. The maximum absolute atomic E-state index is 12.5. The van der Waals surface area contributed by atoms with Gasteiger partial charge in [0.25, 0.3) is 5.91 Å². The van der Waals surface area contributed by atoms with Gasteiger partial charge in [0.05, 0.1) is 6.54 Å². The molecule has 0 radical (unpaired) electrons. The minimum Gasteiger partial charge on any atom is -0.491 e. The van der Waals surface area contributed by atoms with Crippen molar-refractivity contribution in [3.63, 3.8) is 0 Å². The first-order valence-electron chi connectivity index (χ1n) is 7.92. The quantitative estimate of drug-likeness (QED) is 0.778. The molecule has 2 N–H and O–H groups in total. The highest BCUT2D eigenvalue weighted by atomic mass is 16.5. The van der Waals surface area contributed by atoms with Crippen LogP contribution in [0.4, 0.5) is 4.79 Å². The number of benzene rings is 1. The van der Waals surface area contributed by atoms with Gasteiger partial charge in [-0.15, -0.1) is 0 Å². The molecule has 2 fully saturated rings. The zero-order valence-corrected chi connectivity index (χ0v) is 13.4. The van der Waals surface area contributed by atoms with E-state index in [4.69, 9.17) is 4.74 Å². The highest BCUT2D eigenvalue weighted by Gasteiger charge is 2.56. The smallest absolute Gasteiger partial charge is 0.325 e. The molecule has 0 unspecified atom stereocenters. The normalized spacial score (nSPS) is 25.4. The molecule has 1 aliphatic heterocycles. The Bertz CT molecular complexity index is 612. The number of imide groups is 1. The molecular formula is C17H22N2O4. The highest BCUT2D eigenvalue weighted by molar-refractivity contribution is 6.07. The van der Waals surface area contributed by atoms with Crippen LogP contribution in [-0.2, 0) is 4.79 Å². The van der Waals surface area contributed by atoms with Crippen LogP contribution in [0.25, 0.3) is 0 Å². The van der Waals surface area contributed by atoms with E-state index in [1.165, 1.54) is 0 Å². The van der Waals surface area contributed by atoms with E-state index in [9.17, 15) is 14.7 Å². The molecule has 6 heteroatoms. The van der Waals surface area contributed by atoms with Crippen LogP contribution in [0.3, 0.4) is 0 Å². The van der Waals surface area contributed by atoms with Gasteiger partial charge in [-0.25, -0.2) is 4.79 Å². The number of ether oxygens (including phenoxy) is 1. The summed E-state index contributed by atoms with van der Waals surface area (Å²) in [6, 6.07) is 7.04. The third-order valence-electron chi connectivity index (χ3n) is 4.55. The average Bonchev–Trinajstić information content (AvgIpc) is 3.33. The summed E-state index contributed by atoms with van der Waals surface area (Å²) < 4.78 is 5.50. The molecule has 1 saturated heterocycles. The van der Waals surface area contributed by atoms with E-state index in [0.29, 0.717) is 5.75 Å². The zero-order chi connectivity index (χ0) is 16.6. The van der Waals surface area contributed by atoms with Crippen molar-refractivity contribution in [3.05, 3.63) is 29.8 Å². The lowest BCUT2D eigenvalue weighted by atomic mass is 9.96. The minimum absolute atomic E-state index is 0.0280. The number of aryl methyl sites for hydroxylation is 1. The Kier molecular flexibility index (Phi) is 4.02. The number of aliphatic hydroxyl groups excluding tert-OH is 1. The summed E-state index contributed by atoms with van der Waals surface area (Å²) in [6.07, 6.45) is 0.984. The molecule has 1 aromatic carbocycles. The van der Waals surface area contributed by atoms with E-state index in [0.717, 1.165) is 23.3 Å². The summed E-state index contributed by atoms with van der Waals surface area (Å²) in [5.41, 5.74) is 0.311. The monoisotopic (exact) mass is 318 g/mol. The topological polar surface area (TPSA) is 78.9 Å². The second kappa shape index (κ2) is 5.85. The Labute approximate surface area is 135 Å². The molecule has 1 heterocycles. The number of amides is 3. The Morgan fingerprint density at radius 3 is 2.61 bits per heavy atom. The molecule has 0 aromatic heterocycles. The maximum atomic E-state index is 12.5. The van der Waals surface area contributed by atoms with Crippen molar-refractivity contribution in [1.29, 1.82) is 0 Å². The van der Waals surface area contributed by atoms with Gasteiger partial charge in [0.15, 0.2) is 0 Å². The van der Waals surface area contributed by atoms with E-state index in [2.05, 4.69) is 5.32 Å². The van der Waals surface area contributed by atoms with Crippen molar-refractivity contribution in [2.75, 3.05) is 13.2 Å². The molecule has 0 bridgehead atoms. The molecule has 1 saturated carbocycles. The van der Waals surface area contributed by atoms with E-state index in [1.807, 2.05) is 31.2 Å². The van der Waals surface area contributed by atoms with Crippen LogP contribution < -0.4 is 10.1 Å². The van der Waals surface area contributed by atoms with Crippen LogP contribution in [0, 0.1) is 12.8 Å². The lowest BCUT2D eigenvalue weighted by Crippen LogP contribution is -2.46. The van der Waals surface area contributed by atoms with Crippen LogP contribution in [-0.4, -0.2) is 46.7 Å². The summed E-state index contributed by atoms with van der Waals surface area (Å²) in [5, 5.41) is 12.8. The number of carbonyl (C=O) groups is 2. The number of β-amino-alcohol motifs (C(OH)–C–C–N with tert-alkyl or cyclic N) is 1. The van der Waals surface area contributed by atoms with E-state index in [1.54, 1.807) is 6.92 Å². The summed E-state index contributed by atoms with van der Waals surface area (Å²) in [5.74, 6) is 0.610. The van der Waals surface area contributed by atoms with Crippen LogP contribution >= 0.6 is 0 Å². The lowest BCUT2D eigenvalue weighted by Gasteiger charge is -2.22. The first-order chi connectivity index (χ1) is 10.9. The van der Waals surface area contributed by atoms with Gasteiger partial charge in [0.2, 0.25) is 0 Å².